The number of nitrogens with one attached hydrogen (secondary N) is 1. The minimum atomic E-state index is -0.583. The lowest BCUT2D eigenvalue weighted by Crippen LogP contribution is -2.49. The van der Waals surface area contributed by atoms with Crippen molar-refractivity contribution in [2.24, 2.45) is 0 Å². The molecule has 2 aromatic rings. The number of imide groups is 1. The second-order valence-corrected chi connectivity index (χ2v) is 7.98. The Kier molecular flexibility index (Phi) is 5.83. The van der Waals surface area contributed by atoms with Crippen LogP contribution in [0.4, 0.5) is 10.1 Å². The monoisotopic (exact) mass is 429 g/mol. The van der Waals surface area contributed by atoms with E-state index < -0.39 is 6.04 Å². The number of hydrogen-bond donors (Lipinski definition) is 1. The minimum Gasteiger partial charge on any atom is -0.339 e. The van der Waals surface area contributed by atoms with E-state index in [4.69, 9.17) is 11.6 Å². The fourth-order valence-corrected chi connectivity index (χ4v) is 4.14. The SMILES string of the molecule is O=C(c1ccc(F)cc1)N1CCC(NC2CC(=O)N(c3cccc(Cl)c3)C2=O)CC1. The first kappa shape index (κ1) is 20.5. The van der Waals surface area contributed by atoms with Gasteiger partial charge in [-0.15, -0.1) is 0 Å². The fraction of sp³-hybridized carbons (Fsp3) is 0.318. The lowest BCUT2D eigenvalue weighted by atomic mass is 10.0. The molecule has 4 rings (SSSR count). The third kappa shape index (κ3) is 4.22. The number of rotatable bonds is 4. The Morgan fingerprint density at radius 3 is 2.43 bits per heavy atom. The Labute approximate surface area is 178 Å². The van der Waals surface area contributed by atoms with Crippen LogP contribution in [0.25, 0.3) is 0 Å². The standard InChI is InChI=1S/C22H21ClFN3O3/c23-15-2-1-3-18(12-15)27-20(28)13-19(22(27)30)25-17-8-10-26(11-9-17)21(29)14-4-6-16(24)7-5-14/h1-7,12,17,19,25H,8-11,13H2. The molecule has 156 valence electrons. The molecule has 0 aromatic heterocycles. The van der Waals surface area contributed by atoms with Crippen LogP contribution < -0.4 is 10.2 Å². The Morgan fingerprint density at radius 1 is 1.07 bits per heavy atom. The van der Waals surface area contributed by atoms with Crippen molar-refractivity contribution in [2.45, 2.75) is 31.3 Å². The molecule has 2 saturated heterocycles. The Balaban J connectivity index is 1.34. The molecular formula is C22H21ClFN3O3. The molecule has 1 N–H and O–H groups in total. The molecule has 6 nitrogen and oxygen atoms in total. The van der Waals surface area contributed by atoms with Gasteiger partial charge in [0.15, 0.2) is 0 Å². The quantitative estimate of drug-likeness (QED) is 0.758. The first-order valence-electron chi connectivity index (χ1n) is 9.85. The average Bonchev–Trinajstić information content (AvgIpc) is 3.01. The molecule has 30 heavy (non-hydrogen) atoms. The van der Waals surface area contributed by atoms with Gasteiger partial charge in [0.2, 0.25) is 5.91 Å². The highest BCUT2D eigenvalue weighted by Gasteiger charge is 2.40. The van der Waals surface area contributed by atoms with E-state index in [1.165, 1.54) is 29.2 Å². The Morgan fingerprint density at radius 2 is 1.77 bits per heavy atom. The second-order valence-electron chi connectivity index (χ2n) is 7.54. The van der Waals surface area contributed by atoms with Crippen LogP contribution in [0, 0.1) is 5.82 Å². The molecule has 0 saturated carbocycles. The highest BCUT2D eigenvalue weighted by Crippen LogP contribution is 2.26. The first-order chi connectivity index (χ1) is 14.4. The molecule has 2 aromatic carbocycles. The summed E-state index contributed by atoms with van der Waals surface area (Å²) in [5.41, 5.74) is 0.929. The lowest BCUT2D eigenvalue weighted by Gasteiger charge is -2.33. The number of benzene rings is 2. The molecule has 0 aliphatic carbocycles. The maximum atomic E-state index is 13.1. The van der Waals surface area contributed by atoms with E-state index in [1.54, 1.807) is 29.2 Å². The molecule has 2 heterocycles. The summed E-state index contributed by atoms with van der Waals surface area (Å²) in [5.74, 6) is -1.06. The Hall–Kier alpha value is -2.77. The van der Waals surface area contributed by atoms with E-state index in [2.05, 4.69) is 5.32 Å². The van der Waals surface area contributed by atoms with Gasteiger partial charge in [0.05, 0.1) is 18.2 Å². The molecule has 2 aliphatic rings. The largest absolute Gasteiger partial charge is 0.339 e. The summed E-state index contributed by atoms with van der Waals surface area (Å²) in [6, 6.07) is 11.6. The predicted octanol–water partition coefficient (Wildman–Crippen LogP) is 3.01. The lowest BCUT2D eigenvalue weighted by molar-refractivity contribution is -0.121. The van der Waals surface area contributed by atoms with Gasteiger partial charge in [0, 0.05) is 29.7 Å². The zero-order chi connectivity index (χ0) is 21.3. The smallest absolute Gasteiger partial charge is 0.253 e. The van der Waals surface area contributed by atoms with Crippen LogP contribution in [0.1, 0.15) is 29.6 Å². The normalized spacial score (nSPS) is 20.1. The van der Waals surface area contributed by atoms with Crippen molar-refractivity contribution in [3.05, 3.63) is 64.9 Å². The zero-order valence-corrected chi connectivity index (χ0v) is 16.9. The van der Waals surface area contributed by atoms with Gasteiger partial charge in [-0.1, -0.05) is 17.7 Å². The van der Waals surface area contributed by atoms with Crippen molar-refractivity contribution >= 4 is 35.0 Å². The molecule has 2 fully saturated rings. The number of halogens is 2. The summed E-state index contributed by atoms with van der Waals surface area (Å²) in [6.07, 6.45) is 1.43. The van der Waals surface area contributed by atoms with Gasteiger partial charge in [0.25, 0.3) is 11.8 Å². The second kappa shape index (κ2) is 8.53. The Bertz CT molecular complexity index is 974. The van der Waals surface area contributed by atoms with E-state index in [1.807, 2.05) is 0 Å². The summed E-state index contributed by atoms with van der Waals surface area (Å²) in [6.45, 7) is 1.06. The van der Waals surface area contributed by atoms with Crippen LogP contribution in [-0.2, 0) is 9.59 Å². The van der Waals surface area contributed by atoms with E-state index in [9.17, 15) is 18.8 Å². The van der Waals surface area contributed by atoms with Crippen molar-refractivity contribution in [3.8, 4) is 0 Å². The third-order valence-electron chi connectivity index (χ3n) is 5.52. The molecule has 8 heteroatoms. The number of nitrogens with zero attached hydrogens (tertiary/aromatic N) is 2. The maximum Gasteiger partial charge on any atom is 0.253 e. The number of likely N-dealkylation sites (tertiary alicyclic amines) is 1. The molecule has 1 unspecified atom stereocenters. The average molecular weight is 430 g/mol. The summed E-state index contributed by atoms with van der Waals surface area (Å²) in [7, 11) is 0. The van der Waals surface area contributed by atoms with Crippen molar-refractivity contribution in [3.63, 3.8) is 0 Å². The molecule has 1 atom stereocenters. The van der Waals surface area contributed by atoms with Crippen LogP contribution in [0.3, 0.4) is 0 Å². The van der Waals surface area contributed by atoms with Gasteiger partial charge in [-0.25, -0.2) is 9.29 Å². The van der Waals surface area contributed by atoms with Crippen LogP contribution in [0.15, 0.2) is 48.5 Å². The van der Waals surface area contributed by atoms with Gasteiger partial charge >= 0.3 is 0 Å². The molecule has 2 aliphatic heterocycles. The fourth-order valence-electron chi connectivity index (χ4n) is 3.96. The van der Waals surface area contributed by atoms with Gasteiger partial charge in [-0.2, -0.15) is 0 Å². The van der Waals surface area contributed by atoms with E-state index >= 15 is 0 Å². The van der Waals surface area contributed by atoms with Gasteiger partial charge in [0.1, 0.15) is 5.82 Å². The number of carbonyl (C=O) groups is 3. The van der Waals surface area contributed by atoms with E-state index in [0.29, 0.717) is 42.2 Å². The van der Waals surface area contributed by atoms with Gasteiger partial charge < -0.3 is 10.2 Å². The van der Waals surface area contributed by atoms with Gasteiger partial charge in [-0.3, -0.25) is 14.4 Å². The number of amides is 3. The van der Waals surface area contributed by atoms with E-state index in [-0.39, 0.29) is 36.0 Å². The van der Waals surface area contributed by atoms with Crippen LogP contribution in [0.5, 0.6) is 0 Å². The van der Waals surface area contributed by atoms with E-state index in [0.717, 1.165) is 0 Å². The number of carbonyl (C=O) groups excluding carboxylic acids is 3. The molecular weight excluding hydrogens is 409 g/mol. The minimum absolute atomic E-state index is 0.0309. The van der Waals surface area contributed by atoms with Crippen LogP contribution >= 0.6 is 11.6 Å². The number of piperidine rings is 1. The van der Waals surface area contributed by atoms with Crippen molar-refractivity contribution in [1.82, 2.24) is 10.2 Å². The zero-order valence-electron chi connectivity index (χ0n) is 16.2. The molecule has 0 bridgehead atoms. The van der Waals surface area contributed by atoms with Crippen LogP contribution in [-0.4, -0.2) is 47.8 Å². The highest BCUT2D eigenvalue weighted by molar-refractivity contribution is 6.31. The van der Waals surface area contributed by atoms with Crippen molar-refractivity contribution < 1.29 is 18.8 Å². The number of hydrogen-bond acceptors (Lipinski definition) is 4. The third-order valence-corrected chi connectivity index (χ3v) is 5.76. The predicted molar refractivity (Wildman–Crippen MR) is 111 cm³/mol. The molecule has 0 radical (unpaired) electrons. The molecule has 3 amide bonds. The van der Waals surface area contributed by atoms with Crippen molar-refractivity contribution in [1.29, 1.82) is 0 Å². The number of anilines is 1. The molecule has 0 spiro atoms. The summed E-state index contributed by atoms with van der Waals surface area (Å²) >= 11 is 5.99. The van der Waals surface area contributed by atoms with Crippen molar-refractivity contribution in [2.75, 3.05) is 18.0 Å². The van der Waals surface area contributed by atoms with Gasteiger partial charge in [-0.05, 0) is 55.3 Å². The highest BCUT2D eigenvalue weighted by atomic mass is 35.5. The summed E-state index contributed by atoms with van der Waals surface area (Å²) in [4.78, 5) is 40.7. The van der Waals surface area contributed by atoms with Crippen LogP contribution in [0.2, 0.25) is 5.02 Å². The first-order valence-corrected chi connectivity index (χ1v) is 10.2. The topological polar surface area (TPSA) is 69.7 Å². The summed E-state index contributed by atoms with van der Waals surface area (Å²) < 4.78 is 13.1. The maximum absolute atomic E-state index is 13.1. The summed E-state index contributed by atoms with van der Waals surface area (Å²) in [5, 5.41) is 3.75.